The lowest BCUT2D eigenvalue weighted by Gasteiger charge is -2.10. The molecule has 0 fully saturated rings. The predicted molar refractivity (Wildman–Crippen MR) is 70.8 cm³/mol. The van der Waals surface area contributed by atoms with Crippen LogP contribution in [-0.2, 0) is 0 Å². The van der Waals surface area contributed by atoms with Gasteiger partial charge in [0.25, 0.3) is 0 Å². The summed E-state index contributed by atoms with van der Waals surface area (Å²) in [4.78, 5) is 8.22. The summed E-state index contributed by atoms with van der Waals surface area (Å²) in [5, 5.41) is 2.81. The Morgan fingerprint density at radius 1 is 1.16 bits per heavy atom. The average Bonchev–Trinajstić information content (AvgIpc) is 2.33. The van der Waals surface area contributed by atoms with Crippen LogP contribution in [0.5, 0.6) is 0 Å². The molecule has 0 unspecified atom stereocenters. The SMILES string of the molecule is CC(C)c1nc(Cl)cc(Nc2c(F)cccc2F)n1. The molecule has 6 heteroatoms. The van der Waals surface area contributed by atoms with Crippen LogP contribution in [0, 0.1) is 11.6 Å². The molecular formula is C13H12ClF2N3. The molecule has 3 nitrogen and oxygen atoms in total. The van der Waals surface area contributed by atoms with E-state index in [9.17, 15) is 8.78 Å². The van der Waals surface area contributed by atoms with E-state index < -0.39 is 11.6 Å². The van der Waals surface area contributed by atoms with E-state index in [-0.39, 0.29) is 22.6 Å². The molecule has 0 aliphatic carbocycles. The second kappa shape index (κ2) is 5.48. The van der Waals surface area contributed by atoms with Gasteiger partial charge in [-0.05, 0) is 12.1 Å². The van der Waals surface area contributed by atoms with Crippen LogP contribution in [0.2, 0.25) is 5.15 Å². The molecule has 1 aromatic carbocycles. The Balaban J connectivity index is 2.38. The molecule has 100 valence electrons. The zero-order valence-corrected chi connectivity index (χ0v) is 11.2. The standard InChI is InChI=1S/C13H12ClF2N3/c1-7(2)13-17-10(14)6-11(19-13)18-12-8(15)4-3-5-9(12)16/h3-7H,1-2H3,(H,17,18,19). The van der Waals surface area contributed by atoms with Crippen molar-refractivity contribution < 1.29 is 8.78 Å². The lowest BCUT2D eigenvalue weighted by Crippen LogP contribution is -2.04. The first kappa shape index (κ1) is 13.7. The fourth-order valence-corrected chi connectivity index (χ4v) is 1.69. The maximum absolute atomic E-state index is 13.5. The van der Waals surface area contributed by atoms with Crippen LogP contribution in [-0.4, -0.2) is 9.97 Å². The van der Waals surface area contributed by atoms with E-state index in [1.54, 1.807) is 0 Å². The van der Waals surface area contributed by atoms with Crippen LogP contribution in [0.1, 0.15) is 25.6 Å². The van der Waals surface area contributed by atoms with Gasteiger partial charge in [-0.1, -0.05) is 31.5 Å². The Kier molecular flexibility index (Phi) is 3.95. The van der Waals surface area contributed by atoms with E-state index in [4.69, 9.17) is 11.6 Å². The molecule has 0 amide bonds. The lowest BCUT2D eigenvalue weighted by atomic mass is 10.2. The second-order valence-electron chi connectivity index (χ2n) is 4.31. The molecule has 1 heterocycles. The fourth-order valence-electron chi connectivity index (χ4n) is 1.50. The summed E-state index contributed by atoms with van der Waals surface area (Å²) in [5.74, 6) is -0.564. The highest BCUT2D eigenvalue weighted by Crippen LogP contribution is 2.24. The number of nitrogens with zero attached hydrogens (tertiary/aromatic N) is 2. The normalized spacial score (nSPS) is 10.8. The number of hydrogen-bond acceptors (Lipinski definition) is 3. The number of para-hydroxylation sites is 1. The fraction of sp³-hybridized carbons (Fsp3) is 0.231. The first-order valence-electron chi connectivity index (χ1n) is 5.73. The van der Waals surface area contributed by atoms with E-state index >= 15 is 0 Å². The molecule has 0 atom stereocenters. The summed E-state index contributed by atoms with van der Waals surface area (Å²) in [6, 6.07) is 5.04. The van der Waals surface area contributed by atoms with Crippen molar-refractivity contribution in [1.29, 1.82) is 0 Å². The molecule has 0 aliphatic rings. The zero-order valence-electron chi connectivity index (χ0n) is 10.4. The van der Waals surface area contributed by atoms with Gasteiger partial charge < -0.3 is 5.32 Å². The molecular weight excluding hydrogens is 272 g/mol. The van der Waals surface area contributed by atoms with Crippen molar-refractivity contribution in [1.82, 2.24) is 9.97 Å². The maximum Gasteiger partial charge on any atom is 0.149 e. The molecule has 1 N–H and O–H groups in total. The number of halogens is 3. The highest BCUT2D eigenvalue weighted by Gasteiger charge is 2.12. The van der Waals surface area contributed by atoms with Crippen molar-refractivity contribution in [2.75, 3.05) is 5.32 Å². The topological polar surface area (TPSA) is 37.8 Å². The van der Waals surface area contributed by atoms with Gasteiger partial charge in [0.15, 0.2) is 0 Å². The second-order valence-corrected chi connectivity index (χ2v) is 4.70. The van der Waals surface area contributed by atoms with Gasteiger partial charge in [0.2, 0.25) is 0 Å². The number of aromatic nitrogens is 2. The highest BCUT2D eigenvalue weighted by atomic mass is 35.5. The molecule has 0 saturated heterocycles. The van der Waals surface area contributed by atoms with E-state index in [1.165, 1.54) is 12.1 Å². The summed E-state index contributed by atoms with van der Waals surface area (Å²) in [5.41, 5.74) is -0.257. The van der Waals surface area contributed by atoms with Gasteiger partial charge in [0.05, 0.1) is 0 Å². The lowest BCUT2D eigenvalue weighted by molar-refractivity contribution is 0.590. The smallest absolute Gasteiger partial charge is 0.149 e. The number of anilines is 2. The zero-order chi connectivity index (χ0) is 14.0. The van der Waals surface area contributed by atoms with Crippen LogP contribution in [0.3, 0.4) is 0 Å². The highest BCUT2D eigenvalue weighted by molar-refractivity contribution is 6.29. The Morgan fingerprint density at radius 3 is 2.37 bits per heavy atom. The molecule has 0 saturated carbocycles. The molecule has 0 bridgehead atoms. The Bertz CT molecular complexity index is 582. The summed E-state index contributed by atoms with van der Waals surface area (Å²) >= 11 is 5.86. The Hall–Kier alpha value is -1.75. The summed E-state index contributed by atoms with van der Waals surface area (Å²) in [6.07, 6.45) is 0. The third-order valence-corrected chi connectivity index (χ3v) is 2.64. The van der Waals surface area contributed by atoms with Crippen molar-refractivity contribution in [3.05, 3.63) is 46.9 Å². The maximum atomic E-state index is 13.5. The van der Waals surface area contributed by atoms with Crippen molar-refractivity contribution >= 4 is 23.1 Å². The molecule has 0 radical (unpaired) electrons. The molecule has 2 rings (SSSR count). The molecule has 2 aromatic rings. The van der Waals surface area contributed by atoms with Crippen molar-refractivity contribution in [2.24, 2.45) is 0 Å². The number of hydrogen-bond donors (Lipinski definition) is 1. The van der Waals surface area contributed by atoms with E-state index in [0.29, 0.717) is 5.82 Å². The van der Waals surface area contributed by atoms with Gasteiger partial charge >= 0.3 is 0 Å². The Labute approximate surface area is 114 Å². The monoisotopic (exact) mass is 283 g/mol. The summed E-state index contributed by atoms with van der Waals surface area (Å²) < 4.78 is 27.0. The first-order valence-corrected chi connectivity index (χ1v) is 6.10. The van der Waals surface area contributed by atoms with Crippen LogP contribution >= 0.6 is 11.6 Å². The van der Waals surface area contributed by atoms with Crippen LogP contribution in [0.25, 0.3) is 0 Å². The quantitative estimate of drug-likeness (QED) is 0.855. The Morgan fingerprint density at radius 2 is 1.79 bits per heavy atom. The number of benzene rings is 1. The van der Waals surface area contributed by atoms with Crippen LogP contribution in [0.15, 0.2) is 24.3 Å². The minimum absolute atomic E-state index is 0.0599. The van der Waals surface area contributed by atoms with E-state index in [0.717, 1.165) is 12.1 Å². The van der Waals surface area contributed by atoms with Gasteiger partial charge in [-0.2, -0.15) is 0 Å². The van der Waals surface area contributed by atoms with Gasteiger partial charge in [-0.3, -0.25) is 0 Å². The first-order chi connectivity index (χ1) is 8.97. The van der Waals surface area contributed by atoms with E-state index in [1.807, 2.05) is 13.8 Å². The average molecular weight is 284 g/mol. The molecule has 0 spiro atoms. The third-order valence-electron chi connectivity index (χ3n) is 2.44. The van der Waals surface area contributed by atoms with Gasteiger partial charge in [0, 0.05) is 12.0 Å². The minimum Gasteiger partial charge on any atom is -0.335 e. The van der Waals surface area contributed by atoms with Gasteiger partial charge in [-0.15, -0.1) is 0 Å². The number of rotatable bonds is 3. The van der Waals surface area contributed by atoms with Gasteiger partial charge in [-0.25, -0.2) is 18.7 Å². The van der Waals surface area contributed by atoms with Crippen molar-refractivity contribution in [2.45, 2.75) is 19.8 Å². The molecule has 19 heavy (non-hydrogen) atoms. The largest absolute Gasteiger partial charge is 0.335 e. The van der Waals surface area contributed by atoms with E-state index in [2.05, 4.69) is 15.3 Å². The van der Waals surface area contributed by atoms with Crippen molar-refractivity contribution in [3.8, 4) is 0 Å². The van der Waals surface area contributed by atoms with Crippen molar-refractivity contribution in [3.63, 3.8) is 0 Å². The summed E-state index contributed by atoms with van der Waals surface area (Å²) in [6.45, 7) is 3.80. The minimum atomic E-state index is -0.694. The third kappa shape index (κ3) is 3.17. The van der Waals surface area contributed by atoms with Crippen LogP contribution < -0.4 is 5.32 Å². The van der Waals surface area contributed by atoms with Crippen LogP contribution in [0.4, 0.5) is 20.3 Å². The molecule has 1 aromatic heterocycles. The number of nitrogens with one attached hydrogen (secondary N) is 1. The predicted octanol–water partition coefficient (Wildman–Crippen LogP) is 4.28. The molecule has 0 aliphatic heterocycles. The van der Waals surface area contributed by atoms with Gasteiger partial charge in [0.1, 0.15) is 34.1 Å². The summed E-state index contributed by atoms with van der Waals surface area (Å²) in [7, 11) is 0.